The van der Waals surface area contributed by atoms with Crippen molar-refractivity contribution in [3.05, 3.63) is 16.3 Å². The van der Waals surface area contributed by atoms with Crippen LogP contribution in [0.3, 0.4) is 0 Å². The van der Waals surface area contributed by atoms with E-state index in [4.69, 9.17) is 0 Å². The van der Waals surface area contributed by atoms with E-state index in [-0.39, 0.29) is 5.91 Å². The van der Waals surface area contributed by atoms with Crippen molar-refractivity contribution in [3.8, 4) is 0 Å². The number of thiophene rings is 1. The lowest BCUT2D eigenvalue weighted by atomic mass is 10.1. The fourth-order valence-electron chi connectivity index (χ4n) is 1.55. The molecule has 0 aliphatic rings. The monoisotopic (exact) mass is 273 g/mol. The first-order valence-electron chi connectivity index (χ1n) is 5.52. The van der Waals surface area contributed by atoms with E-state index in [0.29, 0.717) is 13.1 Å². The molecule has 1 amide bonds. The molecule has 1 N–H and O–H groups in total. The molecule has 0 saturated heterocycles. The maximum atomic E-state index is 12.3. The van der Waals surface area contributed by atoms with E-state index < -0.39 is 5.60 Å². The standard InChI is InChI=1S/C12H19NO2S2/c1-5-13(8-12(2,3)15)11(14)10-9(16-4)6-7-17-10/h6-7,15H,5,8H2,1-4H3. The van der Waals surface area contributed by atoms with E-state index in [1.54, 1.807) is 30.5 Å². The van der Waals surface area contributed by atoms with Crippen molar-refractivity contribution in [2.75, 3.05) is 19.3 Å². The van der Waals surface area contributed by atoms with Crippen LogP contribution in [0, 0.1) is 0 Å². The topological polar surface area (TPSA) is 40.5 Å². The fourth-order valence-corrected chi connectivity index (χ4v) is 3.26. The van der Waals surface area contributed by atoms with Gasteiger partial charge in [0.25, 0.3) is 5.91 Å². The largest absolute Gasteiger partial charge is 0.389 e. The molecule has 0 aliphatic carbocycles. The number of carbonyl (C=O) groups excluding carboxylic acids is 1. The molecule has 0 aromatic carbocycles. The van der Waals surface area contributed by atoms with Crippen LogP contribution in [-0.2, 0) is 0 Å². The predicted octanol–water partition coefficient (Wildman–Crippen LogP) is 2.70. The summed E-state index contributed by atoms with van der Waals surface area (Å²) in [6.45, 7) is 6.32. The molecule has 0 unspecified atom stereocenters. The van der Waals surface area contributed by atoms with Gasteiger partial charge in [-0.15, -0.1) is 23.1 Å². The molecule has 0 aliphatic heterocycles. The molecule has 1 aromatic heterocycles. The van der Waals surface area contributed by atoms with Crippen molar-refractivity contribution in [2.45, 2.75) is 31.3 Å². The Hall–Kier alpha value is -0.520. The Morgan fingerprint density at radius 2 is 2.24 bits per heavy atom. The lowest BCUT2D eigenvalue weighted by Gasteiger charge is -2.28. The number of rotatable bonds is 5. The van der Waals surface area contributed by atoms with Gasteiger partial charge in [0.05, 0.1) is 5.60 Å². The van der Waals surface area contributed by atoms with E-state index in [2.05, 4.69) is 0 Å². The van der Waals surface area contributed by atoms with Gasteiger partial charge in [0, 0.05) is 18.0 Å². The average Bonchev–Trinajstić information content (AvgIpc) is 2.71. The summed E-state index contributed by atoms with van der Waals surface area (Å²) < 4.78 is 0. The van der Waals surface area contributed by atoms with E-state index in [0.717, 1.165) is 9.77 Å². The lowest BCUT2D eigenvalue weighted by molar-refractivity contribution is 0.0315. The van der Waals surface area contributed by atoms with Crippen molar-refractivity contribution < 1.29 is 9.90 Å². The minimum atomic E-state index is -0.859. The van der Waals surface area contributed by atoms with Crippen LogP contribution in [0.25, 0.3) is 0 Å². The Morgan fingerprint density at radius 1 is 1.59 bits per heavy atom. The molecule has 3 nitrogen and oxygen atoms in total. The van der Waals surface area contributed by atoms with Crippen molar-refractivity contribution in [1.82, 2.24) is 4.90 Å². The van der Waals surface area contributed by atoms with Gasteiger partial charge in [-0.3, -0.25) is 4.79 Å². The summed E-state index contributed by atoms with van der Waals surface area (Å²) in [5, 5.41) is 11.7. The van der Waals surface area contributed by atoms with Crippen LogP contribution in [0.5, 0.6) is 0 Å². The van der Waals surface area contributed by atoms with Crippen LogP contribution in [0.2, 0.25) is 0 Å². The number of carbonyl (C=O) groups is 1. The first kappa shape index (κ1) is 14.5. The molecule has 0 radical (unpaired) electrons. The normalized spacial score (nSPS) is 11.6. The molecule has 0 spiro atoms. The van der Waals surface area contributed by atoms with Crippen LogP contribution in [0.15, 0.2) is 16.3 Å². The van der Waals surface area contributed by atoms with Crippen LogP contribution >= 0.6 is 23.1 Å². The van der Waals surface area contributed by atoms with Crippen molar-refractivity contribution in [2.24, 2.45) is 0 Å². The summed E-state index contributed by atoms with van der Waals surface area (Å²) in [7, 11) is 0. The molecule has 96 valence electrons. The lowest BCUT2D eigenvalue weighted by Crippen LogP contribution is -2.42. The van der Waals surface area contributed by atoms with Gasteiger partial charge in [-0.2, -0.15) is 0 Å². The fraction of sp³-hybridized carbons (Fsp3) is 0.583. The van der Waals surface area contributed by atoms with Gasteiger partial charge < -0.3 is 10.0 Å². The Bertz CT molecular complexity index is 382. The third-order valence-corrected chi connectivity index (χ3v) is 4.10. The first-order valence-corrected chi connectivity index (χ1v) is 7.62. The Balaban J connectivity index is 2.87. The molecule has 1 rings (SSSR count). The van der Waals surface area contributed by atoms with E-state index >= 15 is 0 Å². The minimum Gasteiger partial charge on any atom is -0.389 e. The van der Waals surface area contributed by atoms with Crippen molar-refractivity contribution in [3.63, 3.8) is 0 Å². The molecule has 17 heavy (non-hydrogen) atoms. The van der Waals surface area contributed by atoms with Crippen LogP contribution < -0.4 is 0 Å². The number of hydrogen-bond donors (Lipinski definition) is 1. The second-order valence-electron chi connectivity index (χ2n) is 4.45. The molecular formula is C12H19NO2S2. The maximum Gasteiger partial charge on any atom is 0.265 e. The number of nitrogens with zero attached hydrogens (tertiary/aromatic N) is 1. The van der Waals surface area contributed by atoms with Gasteiger partial charge in [0.2, 0.25) is 0 Å². The Labute approximate surface area is 111 Å². The van der Waals surface area contributed by atoms with Crippen LogP contribution in [-0.4, -0.2) is 40.9 Å². The quantitative estimate of drug-likeness (QED) is 0.839. The zero-order valence-corrected chi connectivity index (χ0v) is 12.3. The van der Waals surface area contributed by atoms with Crippen molar-refractivity contribution >= 4 is 29.0 Å². The summed E-state index contributed by atoms with van der Waals surface area (Å²) >= 11 is 3.03. The highest BCUT2D eigenvalue weighted by atomic mass is 32.2. The van der Waals surface area contributed by atoms with E-state index in [1.807, 2.05) is 24.6 Å². The number of hydrogen-bond acceptors (Lipinski definition) is 4. The number of amides is 1. The zero-order valence-electron chi connectivity index (χ0n) is 10.7. The van der Waals surface area contributed by atoms with E-state index in [1.165, 1.54) is 11.3 Å². The summed E-state index contributed by atoms with van der Waals surface area (Å²) in [5.41, 5.74) is -0.859. The third kappa shape index (κ3) is 4.01. The summed E-state index contributed by atoms with van der Waals surface area (Å²) in [5.74, 6) is 0.00831. The van der Waals surface area contributed by atoms with Crippen LogP contribution in [0.4, 0.5) is 0 Å². The molecule has 0 fully saturated rings. The highest BCUT2D eigenvalue weighted by molar-refractivity contribution is 7.98. The van der Waals surface area contributed by atoms with Crippen molar-refractivity contribution in [1.29, 1.82) is 0 Å². The smallest absolute Gasteiger partial charge is 0.265 e. The number of likely N-dealkylation sites (N-methyl/N-ethyl adjacent to an activating group) is 1. The molecular weight excluding hydrogens is 254 g/mol. The molecule has 0 atom stereocenters. The van der Waals surface area contributed by atoms with Gasteiger partial charge in [0.1, 0.15) is 4.88 Å². The average molecular weight is 273 g/mol. The van der Waals surface area contributed by atoms with Crippen LogP contribution in [0.1, 0.15) is 30.4 Å². The highest BCUT2D eigenvalue weighted by Crippen LogP contribution is 2.27. The number of aliphatic hydroxyl groups is 1. The second-order valence-corrected chi connectivity index (χ2v) is 6.21. The van der Waals surface area contributed by atoms with E-state index in [9.17, 15) is 9.90 Å². The number of thioether (sulfide) groups is 1. The SMILES string of the molecule is CCN(CC(C)(C)O)C(=O)c1sccc1SC. The highest BCUT2D eigenvalue weighted by Gasteiger charge is 2.24. The van der Waals surface area contributed by atoms with Gasteiger partial charge >= 0.3 is 0 Å². The molecule has 0 saturated carbocycles. The molecule has 5 heteroatoms. The second kappa shape index (κ2) is 5.89. The summed E-state index contributed by atoms with van der Waals surface area (Å²) in [4.78, 5) is 15.8. The third-order valence-electron chi connectivity index (χ3n) is 2.29. The van der Waals surface area contributed by atoms with Gasteiger partial charge in [-0.25, -0.2) is 0 Å². The molecule has 1 heterocycles. The Morgan fingerprint density at radius 3 is 2.71 bits per heavy atom. The predicted molar refractivity (Wildman–Crippen MR) is 74.0 cm³/mol. The first-order chi connectivity index (χ1) is 7.89. The minimum absolute atomic E-state index is 0.00831. The zero-order chi connectivity index (χ0) is 13.1. The maximum absolute atomic E-state index is 12.3. The summed E-state index contributed by atoms with van der Waals surface area (Å²) in [6, 6.07) is 1.96. The van der Waals surface area contributed by atoms with Gasteiger partial charge in [-0.1, -0.05) is 0 Å². The van der Waals surface area contributed by atoms with Gasteiger partial charge in [-0.05, 0) is 38.5 Å². The summed E-state index contributed by atoms with van der Waals surface area (Å²) in [6.07, 6.45) is 1.96. The Kier molecular flexibility index (Phi) is 5.04. The molecule has 1 aromatic rings. The molecule has 0 bridgehead atoms. The van der Waals surface area contributed by atoms with Gasteiger partial charge in [0.15, 0.2) is 0 Å².